The van der Waals surface area contributed by atoms with E-state index in [-0.39, 0.29) is 18.6 Å². The Bertz CT molecular complexity index is 1280. The first kappa shape index (κ1) is 21.1. The van der Waals surface area contributed by atoms with Crippen molar-refractivity contribution in [3.05, 3.63) is 53.7 Å². The van der Waals surface area contributed by atoms with Gasteiger partial charge in [0.05, 0.1) is 41.6 Å². The van der Waals surface area contributed by atoms with E-state index in [1.165, 1.54) is 0 Å². The Labute approximate surface area is 190 Å². The van der Waals surface area contributed by atoms with Crippen molar-refractivity contribution in [2.75, 3.05) is 36.5 Å². The fraction of sp³-hybridized carbons (Fsp3) is 0.304. The van der Waals surface area contributed by atoms with Crippen LogP contribution in [0.2, 0.25) is 0 Å². The molecule has 0 bridgehead atoms. The summed E-state index contributed by atoms with van der Waals surface area (Å²) >= 11 is 0. The number of aliphatic hydroxyl groups excluding tert-OH is 1. The molecular weight excluding hydrogens is 422 g/mol. The van der Waals surface area contributed by atoms with Gasteiger partial charge in [0, 0.05) is 26.2 Å². The monoisotopic (exact) mass is 447 g/mol. The molecule has 4 aromatic rings. The molecule has 170 valence electrons. The number of aromatic amines is 1. The summed E-state index contributed by atoms with van der Waals surface area (Å²) in [5, 5.41) is 16.6. The van der Waals surface area contributed by atoms with Crippen LogP contribution < -0.4 is 10.2 Å². The Balaban J connectivity index is 1.33. The van der Waals surface area contributed by atoms with Crippen molar-refractivity contribution in [1.82, 2.24) is 24.7 Å². The Morgan fingerprint density at radius 1 is 1.27 bits per heavy atom. The van der Waals surface area contributed by atoms with Crippen LogP contribution >= 0.6 is 0 Å². The molecule has 1 unspecified atom stereocenters. The summed E-state index contributed by atoms with van der Waals surface area (Å²) in [7, 11) is 1.81. The number of para-hydroxylation sites is 2. The van der Waals surface area contributed by atoms with Crippen molar-refractivity contribution in [3.63, 3.8) is 0 Å². The number of rotatable bonds is 5. The number of benzene rings is 1. The lowest BCUT2D eigenvalue weighted by molar-refractivity contribution is 0.00335. The number of carbonyl (C=O) groups excluding carboxylic acids is 1. The van der Waals surface area contributed by atoms with Gasteiger partial charge in [-0.15, -0.1) is 0 Å². The summed E-state index contributed by atoms with van der Waals surface area (Å²) in [5.41, 5.74) is 3.66. The molecular formula is C23H25N7O3. The van der Waals surface area contributed by atoms with Gasteiger partial charge in [0.2, 0.25) is 0 Å². The average molecular weight is 447 g/mol. The lowest BCUT2D eigenvalue weighted by Crippen LogP contribution is -2.44. The van der Waals surface area contributed by atoms with Crippen LogP contribution in [0.25, 0.3) is 22.6 Å². The summed E-state index contributed by atoms with van der Waals surface area (Å²) in [6.45, 7) is 3.55. The standard InChI is InChI=1S/C23H25N7O3/c1-14-16(7-8-21(24-14)30-9-10-33-15(12-30)13-31)23(32)27-20-11-19(29(2)28-20)22-25-17-5-3-4-6-18(17)26-22/h3-8,11,15,31H,9-10,12-13H2,1-2H3,(H,25,26)(H,27,28,32). The van der Waals surface area contributed by atoms with Crippen molar-refractivity contribution in [1.29, 1.82) is 0 Å². The van der Waals surface area contributed by atoms with Crippen LogP contribution in [0.3, 0.4) is 0 Å². The van der Waals surface area contributed by atoms with Gasteiger partial charge in [-0.25, -0.2) is 9.97 Å². The molecule has 1 aliphatic rings. The minimum Gasteiger partial charge on any atom is -0.394 e. The van der Waals surface area contributed by atoms with Crippen molar-refractivity contribution in [2.45, 2.75) is 13.0 Å². The number of morpholine rings is 1. The van der Waals surface area contributed by atoms with E-state index in [4.69, 9.17) is 4.74 Å². The van der Waals surface area contributed by atoms with Crippen LogP contribution in [0.15, 0.2) is 42.5 Å². The number of aryl methyl sites for hydroxylation is 2. The number of hydrogen-bond donors (Lipinski definition) is 3. The normalized spacial score (nSPS) is 16.3. The zero-order valence-corrected chi connectivity index (χ0v) is 18.4. The van der Waals surface area contributed by atoms with E-state index >= 15 is 0 Å². The molecule has 33 heavy (non-hydrogen) atoms. The van der Waals surface area contributed by atoms with Crippen molar-refractivity contribution in [3.8, 4) is 11.5 Å². The van der Waals surface area contributed by atoms with Crippen LogP contribution in [0.5, 0.6) is 0 Å². The summed E-state index contributed by atoms with van der Waals surface area (Å²) in [6, 6.07) is 13.2. The fourth-order valence-corrected chi connectivity index (χ4v) is 4.01. The quantitative estimate of drug-likeness (QED) is 0.428. The molecule has 3 N–H and O–H groups in total. The highest BCUT2D eigenvalue weighted by Gasteiger charge is 2.22. The van der Waals surface area contributed by atoms with Crippen molar-refractivity contribution in [2.24, 2.45) is 7.05 Å². The van der Waals surface area contributed by atoms with Gasteiger partial charge in [0.1, 0.15) is 11.5 Å². The number of imidazole rings is 1. The highest BCUT2D eigenvalue weighted by molar-refractivity contribution is 6.04. The van der Waals surface area contributed by atoms with E-state index in [2.05, 4.69) is 30.3 Å². The number of H-pyrrole nitrogens is 1. The number of pyridine rings is 1. The number of ether oxygens (including phenoxy) is 1. The second-order valence-corrected chi connectivity index (χ2v) is 8.02. The van der Waals surface area contributed by atoms with E-state index in [1.54, 1.807) is 23.7 Å². The molecule has 1 fully saturated rings. The predicted molar refractivity (Wildman–Crippen MR) is 124 cm³/mol. The second kappa shape index (κ2) is 8.64. The molecule has 1 aromatic carbocycles. The zero-order chi connectivity index (χ0) is 22.9. The summed E-state index contributed by atoms with van der Waals surface area (Å²) in [6.07, 6.45) is -0.228. The van der Waals surface area contributed by atoms with Gasteiger partial charge in [-0.2, -0.15) is 5.10 Å². The third kappa shape index (κ3) is 4.18. The lowest BCUT2D eigenvalue weighted by atomic mass is 10.1. The summed E-state index contributed by atoms with van der Waals surface area (Å²) in [5.74, 6) is 1.59. The van der Waals surface area contributed by atoms with Gasteiger partial charge in [0.25, 0.3) is 5.91 Å². The third-order valence-corrected chi connectivity index (χ3v) is 5.74. The topological polar surface area (TPSA) is 121 Å². The van der Waals surface area contributed by atoms with Crippen LogP contribution in [0.4, 0.5) is 11.6 Å². The first-order valence-electron chi connectivity index (χ1n) is 10.8. The number of fused-ring (bicyclic) bond motifs is 1. The highest BCUT2D eigenvalue weighted by atomic mass is 16.5. The van der Waals surface area contributed by atoms with E-state index in [9.17, 15) is 9.90 Å². The van der Waals surface area contributed by atoms with Crippen LogP contribution in [-0.4, -0.2) is 68.2 Å². The SMILES string of the molecule is Cc1nc(N2CCOC(CO)C2)ccc1C(=O)Nc1cc(-c2nc3ccccc3[nH]2)n(C)n1. The third-order valence-electron chi connectivity index (χ3n) is 5.74. The number of aliphatic hydroxyl groups is 1. The molecule has 1 saturated heterocycles. The van der Waals surface area contributed by atoms with Crippen LogP contribution in [0.1, 0.15) is 16.1 Å². The van der Waals surface area contributed by atoms with E-state index < -0.39 is 0 Å². The number of amides is 1. The molecule has 0 radical (unpaired) electrons. The van der Waals surface area contributed by atoms with Gasteiger partial charge in [-0.3, -0.25) is 9.48 Å². The first-order chi connectivity index (χ1) is 16.0. The van der Waals surface area contributed by atoms with E-state index in [0.717, 1.165) is 22.5 Å². The fourth-order valence-electron chi connectivity index (χ4n) is 4.01. The van der Waals surface area contributed by atoms with E-state index in [0.29, 0.717) is 42.6 Å². The van der Waals surface area contributed by atoms with Crippen LogP contribution in [0, 0.1) is 6.92 Å². The Morgan fingerprint density at radius 2 is 2.12 bits per heavy atom. The number of nitrogens with zero attached hydrogens (tertiary/aromatic N) is 5. The molecule has 10 heteroatoms. The smallest absolute Gasteiger partial charge is 0.258 e. The maximum atomic E-state index is 12.9. The maximum absolute atomic E-state index is 12.9. The molecule has 0 saturated carbocycles. The van der Waals surface area contributed by atoms with Crippen LogP contribution in [-0.2, 0) is 11.8 Å². The second-order valence-electron chi connectivity index (χ2n) is 8.02. The molecule has 3 aromatic heterocycles. The molecule has 10 nitrogen and oxygen atoms in total. The number of nitrogens with one attached hydrogen (secondary N) is 2. The molecule has 1 atom stereocenters. The Morgan fingerprint density at radius 3 is 2.91 bits per heavy atom. The molecule has 4 heterocycles. The van der Waals surface area contributed by atoms with Gasteiger partial charge in [-0.1, -0.05) is 12.1 Å². The minimum absolute atomic E-state index is 0.0317. The largest absolute Gasteiger partial charge is 0.394 e. The molecule has 1 amide bonds. The van der Waals surface area contributed by atoms with Gasteiger partial charge >= 0.3 is 0 Å². The number of aromatic nitrogens is 5. The minimum atomic E-state index is -0.281. The predicted octanol–water partition coefficient (Wildman–Crippen LogP) is 2.12. The molecule has 0 aliphatic carbocycles. The molecule has 5 rings (SSSR count). The average Bonchev–Trinajstić information content (AvgIpc) is 3.41. The first-order valence-corrected chi connectivity index (χ1v) is 10.8. The summed E-state index contributed by atoms with van der Waals surface area (Å²) in [4.78, 5) is 27.5. The maximum Gasteiger partial charge on any atom is 0.258 e. The van der Waals surface area contributed by atoms with Crippen molar-refractivity contribution < 1.29 is 14.6 Å². The Kier molecular flexibility index (Phi) is 5.53. The number of carbonyl (C=O) groups is 1. The number of anilines is 2. The van der Waals surface area contributed by atoms with Gasteiger partial charge in [0.15, 0.2) is 11.6 Å². The van der Waals surface area contributed by atoms with Crippen molar-refractivity contribution >= 4 is 28.6 Å². The van der Waals surface area contributed by atoms with Gasteiger partial charge in [-0.05, 0) is 31.2 Å². The molecule has 0 spiro atoms. The van der Waals surface area contributed by atoms with Gasteiger partial charge < -0.3 is 25.0 Å². The summed E-state index contributed by atoms with van der Waals surface area (Å²) < 4.78 is 7.18. The number of hydrogen-bond acceptors (Lipinski definition) is 7. The van der Waals surface area contributed by atoms with E-state index in [1.807, 2.05) is 37.4 Å². The lowest BCUT2D eigenvalue weighted by Gasteiger charge is -2.33. The highest BCUT2D eigenvalue weighted by Crippen LogP contribution is 2.23. The molecule has 1 aliphatic heterocycles. The Hall–Kier alpha value is -3.76. The zero-order valence-electron chi connectivity index (χ0n) is 18.4.